The zero-order valence-corrected chi connectivity index (χ0v) is 32.9. The summed E-state index contributed by atoms with van der Waals surface area (Å²) in [5, 5.41) is 10.8. The fourth-order valence-electron chi connectivity index (χ4n) is 6.26. The third-order valence-electron chi connectivity index (χ3n) is 9.04. The number of ketones is 1. The number of benzene rings is 4. The lowest BCUT2D eigenvalue weighted by Gasteiger charge is -2.34. The molecule has 0 radical (unpaired) electrons. The number of carbonyl (C=O) groups is 3. The van der Waals surface area contributed by atoms with E-state index in [1.165, 1.54) is 22.7 Å². The van der Waals surface area contributed by atoms with E-state index in [0.717, 1.165) is 26.7 Å². The molecule has 53 heavy (non-hydrogen) atoms. The van der Waals surface area contributed by atoms with E-state index >= 15 is 0 Å². The monoisotopic (exact) mass is 808 g/mol. The molecule has 0 aliphatic carbocycles. The highest BCUT2D eigenvalue weighted by Gasteiger charge is 2.40. The molecule has 0 saturated carbocycles. The van der Waals surface area contributed by atoms with Gasteiger partial charge in [-0.1, -0.05) is 148 Å². The fourth-order valence-corrected chi connectivity index (χ4v) is 7.57. The second-order valence-corrected chi connectivity index (χ2v) is 16.1. The molecule has 7 nitrogen and oxygen atoms in total. The van der Waals surface area contributed by atoms with Gasteiger partial charge in [0.15, 0.2) is 16.0 Å². The molecule has 0 aliphatic heterocycles. The molecule has 2 aromatic heterocycles. The number of rotatable bonds is 11. The van der Waals surface area contributed by atoms with Gasteiger partial charge >= 0.3 is 0 Å². The van der Waals surface area contributed by atoms with Crippen LogP contribution in [-0.2, 0) is 9.59 Å². The average molecular weight is 810 g/mol. The quantitative estimate of drug-likeness (QED) is 0.127. The lowest BCUT2D eigenvalue weighted by atomic mass is 9.70. The van der Waals surface area contributed by atoms with Crippen molar-refractivity contribution < 1.29 is 14.4 Å². The van der Waals surface area contributed by atoms with E-state index < -0.39 is 10.8 Å². The van der Waals surface area contributed by atoms with Crippen LogP contribution >= 0.6 is 38.6 Å². The topological polar surface area (TPSA) is 101 Å². The molecule has 0 fully saturated rings. The van der Waals surface area contributed by atoms with E-state index in [9.17, 15) is 14.4 Å². The summed E-state index contributed by atoms with van der Waals surface area (Å²) in [7, 11) is 0. The largest absolute Gasteiger partial charge is 0.301 e. The molecule has 6 aromatic rings. The molecule has 2 unspecified atom stereocenters. The van der Waals surface area contributed by atoms with Crippen LogP contribution < -0.4 is 10.6 Å². The number of carbonyl (C=O) groups excluding carboxylic acids is 3. The number of hydrogen-bond acceptors (Lipinski definition) is 7. The summed E-state index contributed by atoms with van der Waals surface area (Å²) in [5.74, 6) is -0.346. The van der Waals surface area contributed by atoms with Gasteiger partial charge in [0.1, 0.15) is 0 Å². The minimum atomic E-state index is -0.731. The number of aromatic nitrogens is 2. The van der Waals surface area contributed by atoms with Gasteiger partial charge < -0.3 is 10.6 Å². The van der Waals surface area contributed by atoms with Crippen molar-refractivity contribution in [3.63, 3.8) is 0 Å². The first kappa shape index (κ1) is 41.0. The molecule has 10 heteroatoms. The van der Waals surface area contributed by atoms with Crippen LogP contribution in [0.4, 0.5) is 10.3 Å². The lowest BCUT2D eigenvalue weighted by molar-refractivity contribution is -0.125. The number of nitrogens with zero attached hydrogens (tertiary/aromatic N) is 2. The molecular weight excluding hydrogens is 765 g/mol. The molecule has 6 rings (SSSR count). The van der Waals surface area contributed by atoms with Gasteiger partial charge in [-0.25, -0.2) is 9.97 Å². The summed E-state index contributed by atoms with van der Waals surface area (Å²) in [6.45, 7) is 9.39. The van der Waals surface area contributed by atoms with Gasteiger partial charge in [0.05, 0.1) is 10.8 Å². The van der Waals surface area contributed by atoms with Gasteiger partial charge in [0, 0.05) is 45.0 Å². The second-order valence-electron chi connectivity index (χ2n) is 13.4. The maximum absolute atomic E-state index is 13.1. The smallest absolute Gasteiger partial charge is 0.232 e. The van der Waals surface area contributed by atoms with Gasteiger partial charge in [-0.15, -0.1) is 22.7 Å². The van der Waals surface area contributed by atoms with Gasteiger partial charge in [0.25, 0.3) is 0 Å². The van der Waals surface area contributed by atoms with Crippen LogP contribution in [0, 0.1) is 10.8 Å². The van der Waals surface area contributed by atoms with Crippen molar-refractivity contribution in [1.82, 2.24) is 9.97 Å². The highest BCUT2D eigenvalue weighted by Crippen LogP contribution is 2.43. The van der Waals surface area contributed by atoms with E-state index in [-0.39, 0.29) is 36.9 Å². The number of halogens is 1. The Balaban J connectivity index is 0.000000233. The van der Waals surface area contributed by atoms with Crippen molar-refractivity contribution in [3.8, 4) is 0 Å². The van der Waals surface area contributed by atoms with Crippen LogP contribution in [0.25, 0.3) is 0 Å². The molecule has 0 spiro atoms. The number of hydrogen-bond donors (Lipinski definition) is 2. The standard InChI is InChI=1S/C22H22N2O2S.C20H19BrN2OS.CH4/c1-15(25)16-9-11-18(12-10-16)19(17-7-5-4-6-8-17)22(2,3)20(26)24-21-23-13-14-27-21;1-20(2,18(24)23-19-22-12-13-25-19)17(14-6-4-3-5-7-14)15-8-10-16(21)11-9-15;/h4-14,19H,1-3H3,(H,23,24,26);3-13,17H,1-2H3,(H,22,23,24);1H4. The van der Waals surface area contributed by atoms with Crippen molar-refractivity contribution in [1.29, 1.82) is 0 Å². The number of nitrogens with one attached hydrogen (secondary N) is 2. The first-order chi connectivity index (χ1) is 24.9. The number of Topliss-reactive ketones (excluding diaryl/α,β-unsaturated/α-hetero) is 1. The SMILES string of the molecule is C.CC(=O)c1ccc(C(c2ccccc2)C(C)(C)C(=O)Nc2nccs2)cc1.CC(C)(C(=O)Nc1nccs1)C(c1ccccc1)c1ccc(Br)cc1. The molecule has 0 aliphatic rings. The van der Waals surface area contributed by atoms with Gasteiger partial charge in [-0.05, 0) is 41.3 Å². The molecule has 274 valence electrons. The summed E-state index contributed by atoms with van der Waals surface area (Å²) in [5.41, 5.74) is 3.54. The zero-order valence-electron chi connectivity index (χ0n) is 29.7. The maximum Gasteiger partial charge on any atom is 0.232 e. The Hall–Kier alpha value is -4.77. The molecule has 0 bridgehead atoms. The highest BCUT2D eigenvalue weighted by molar-refractivity contribution is 9.10. The van der Waals surface area contributed by atoms with E-state index in [1.807, 2.05) is 123 Å². The number of thiazole rings is 2. The Morgan fingerprint density at radius 2 is 0.943 bits per heavy atom. The van der Waals surface area contributed by atoms with Crippen LogP contribution in [0.2, 0.25) is 0 Å². The van der Waals surface area contributed by atoms with Crippen molar-refractivity contribution in [2.45, 2.75) is 53.9 Å². The molecule has 2 heterocycles. The Bertz CT molecular complexity index is 2050. The Morgan fingerprint density at radius 3 is 1.28 bits per heavy atom. The lowest BCUT2D eigenvalue weighted by Crippen LogP contribution is -2.37. The van der Waals surface area contributed by atoms with E-state index in [0.29, 0.717) is 15.8 Å². The summed E-state index contributed by atoms with van der Waals surface area (Å²) in [6, 6.07) is 35.8. The molecule has 4 aromatic carbocycles. The van der Waals surface area contributed by atoms with Crippen LogP contribution in [-0.4, -0.2) is 27.6 Å². The third-order valence-corrected chi connectivity index (χ3v) is 10.9. The maximum atomic E-state index is 13.1. The molecule has 0 saturated heterocycles. The number of anilines is 2. The van der Waals surface area contributed by atoms with Crippen LogP contribution in [0.3, 0.4) is 0 Å². The van der Waals surface area contributed by atoms with Gasteiger partial charge in [0.2, 0.25) is 11.8 Å². The van der Waals surface area contributed by atoms with Gasteiger partial charge in [-0.2, -0.15) is 0 Å². The first-order valence-electron chi connectivity index (χ1n) is 16.8. The minimum absolute atomic E-state index is 0. The third kappa shape index (κ3) is 10.2. The molecular formula is C43H45BrN4O3S2. The normalized spacial score (nSPS) is 12.3. The van der Waals surface area contributed by atoms with E-state index in [4.69, 9.17) is 0 Å². The highest BCUT2D eigenvalue weighted by atomic mass is 79.9. The number of amides is 2. The van der Waals surface area contributed by atoms with Crippen molar-refractivity contribution in [2.24, 2.45) is 10.8 Å². The summed E-state index contributed by atoms with van der Waals surface area (Å²) in [6.07, 6.45) is 3.36. The van der Waals surface area contributed by atoms with Crippen molar-refractivity contribution in [3.05, 3.63) is 165 Å². The van der Waals surface area contributed by atoms with Crippen LogP contribution in [0.1, 0.15) is 86.5 Å². The molecule has 2 atom stereocenters. The summed E-state index contributed by atoms with van der Waals surface area (Å²) in [4.78, 5) is 46.1. The molecule has 2 N–H and O–H groups in total. The van der Waals surface area contributed by atoms with Crippen molar-refractivity contribution in [2.75, 3.05) is 10.6 Å². The summed E-state index contributed by atoms with van der Waals surface area (Å²) >= 11 is 6.30. The van der Waals surface area contributed by atoms with Crippen LogP contribution in [0.15, 0.2) is 137 Å². The molecule has 2 amide bonds. The Labute approximate surface area is 329 Å². The second kappa shape index (κ2) is 18.3. The van der Waals surface area contributed by atoms with Crippen molar-refractivity contribution >= 4 is 66.5 Å². The average Bonchev–Trinajstić information content (AvgIpc) is 3.86. The van der Waals surface area contributed by atoms with E-state index in [1.54, 1.807) is 19.3 Å². The minimum Gasteiger partial charge on any atom is -0.301 e. The van der Waals surface area contributed by atoms with Gasteiger partial charge in [-0.3, -0.25) is 14.4 Å². The summed E-state index contributed by atoms with van der Waals surface area (Å²) < 4.78 is 1.02. The first-order valence-corrected chi connectivity index (χ1v) is 19.3. The Kier molecular flexibility index (Phi) is 14.2. The zero-order chi connectivity index (χ0) is 37.3. The predicted molar refractivity (Wildman–Crippen MR) is 223 cm³/mol. The predicted octanol–water partition coefficient (Wildman–Crippen LogP) is 11.5. The van der Waals surface area contributed by atoms with E-state index in [2.05, 4.69) is 60.8 Å². The fraction of sp³-hybridized carbons (Fsp3) is 0.233. The Morgan fingerprint density at radius 1 is 0.585 bits per heavy atom. The van der Waals surface area contributed by atoms with Crippen LogP contribution in [0.5, 0.6) is 0 Å².